The van der Waals surface area contributed by atoms with E-state index in [-0.39, 0.29) is 24.2 Å². The fraction of sp³-hybridized carbons (Fsp3) is 0.300. The zero-order valence-corrected chi connectivity index (χ0v) is 16.3. The number of nitrogens with zero attached hydrogens (tertiary/aromatic N) is 3. The molecule has 0 saturated carbocycles. The lowest BCUT2D eigenvalue weighted by Crippen LogP contribution is -2.47. The maximum Gasteiger partial charge on any atom is 0.274 e. The molecule has 1 atom stereocenters. The highest BCUT2D eigenvalue weighted by molar-refractivity contribution is 6.04. The molecule has 0 fully saturated rings. The van der Waals surface area contributed by atoms with Gasteiger partial charge in [-0.1, -0.05) is 12.1 Å². The lowest BCUT2D eigenvalue weighted by Gasteiger charge is -2.33. The summed E-state index contributed by atoms with van der Waals surface area (Å²) in [5, 5.41) is 2.85. The predicted molar refractivity (Wildman–Crippen MR) is 106 cm³/mol. The maximum atomic E-state index is 12.6. The summed E-state index contributed by atoms with van der Waals surface area (Å²) in [5.41, 5.74) is 7.49. The Morgan fingerprint density at radius 1 is 1.36 bits per heavy atom. The van der Waals surface area contributed by atoms with Crippen LogP contribution in [0.4, 0.5) is 5.69 Å². The normalized spacial score (nSPS) is 19.2. The monoisotopic (exact) mass is 381 g/mol. The van der Waals surface area contributed by atoms with Crippen LogP contribution in [0.15, 0.2) is 41.5 Å². The SMILES string of the molecule is COc1cnc(C(=O)Nc2cccc(C3(C)CC(=O)N(C)C(N)=N3)c2)c(C)c1. The number of methoxy groups -OCH3 is 1. The zero-order chi connectivity index (χ0) is 20.5. The lowest BCUT2D eigenvalue weighted by atomic mass is 9.87. The number of aliphatic imine (C=N–C) groups is 1. The number of rotatable bonds is 4. The molecule has 1 aromatic heterocycles. The summed E-state index contributed by atoms with van der Waals surface area (Å²) in [4.78, 5) is 34.8. The second kappa shape index (κ2) is 7.30. The van der Waals surface area contributed by atoms with Gasteiger partial charge in [0.15, 0.2) is 5.96 Å². The third-order valence-corrected chi connectivity index (χ3v) is 4.82. The van der Waals surface area contributed by atoms with Crippen LogP contribution in [0.25, 0.3) is 0 Å². The van der Waals surface area contributed by atoms with Crippen molar-refractivity contribution in [1.29, 1.82) is 0 Å². The molecule has 0 bridgehead atoms. The summed E-state index contributed by atoms with van der Waals surface area (Å²) in [5.74, 6) is 0.324. The highest BCUT2D eigenvalue weighted by atomic mass is 16.5. The predicted octanol–water partition coefficient (Wildman–Crippen LogP) is 2.04. The van der Waals surface area contributed by atoms with Crippen molar-refractivity contribution >= 4 is 23.5 Å². The van der Waals surface area contributed by atoms with Crippen molar-refractivity contribution in [3.8, 4) is 5.75 Å². The number of amides is 2. The number of ether oxygens (including phenoxy) is 1. The molecule has 0 saturated heterocycles. The minimum Gasteiger partial charge on any atom is -0.495 e. The zero-order valence-electron chi connectivity index (χ0n) is 16.3. The Kier molecular flexibility index (Phi) is 5.04. The molecule has 1 aliphatic rings. The van der Waals surface area contributed by atoms with E-state index in [1.165, 1.54) is 11.1 Å². The third kappa shape index (κ3) is 3.66. The molecular formula is C20H23N5O3. The number of carbonyl (C=O) groups excluding carboxylic acids is 2. The van der Waals surface area contributed by atoms with E-state index in [0.717, 1.165) is 5.56 Å². The summed E-state index contributed by atoms with van der Waals surface area (Å²) in [6.07, 6.45) is 1.70. The Balaban J connectivity index is 1.86. The number of pyridine rings is 1. The number of hydrogen-bond acceptors (Lipinski definition) is 6. The molecular weight excluding hydrogens is 358 g/mol. The molecule has 0 spiro atoms. The van der Waals surface area contributed by atoms with Gasteiger partial charge in [-0.15, -0.1) is 0 Å². The number of nitrogens with one attached hydrogen (secondary N) is 1. The highest BCUT2D eigenvalue weighted by Crippen LogP contribution is 2.34. The van der Waals surface area contributed by atoms with Gasteiger partial charge in [0.1, 0.15) is 11.4 Å². The smallest absolute Gasteiger partial charge is 0.274 e. The molecule has 8 heteroatoms. The number of aryl methyl sites for hydroxylation is 1. The number of nitrogens with two attached hydrogens (primary N) is 1. The molecule has 0 aliphatic carbocycles. The van der Waals surface area contributed by atoms with E-state index in [4.69, 9.17) is 10.5 Å². The van der Waals surface area contributed by atoms with Gasteiger partial charge in [0.25, 0.3) is 5.91 Å². The molecule has 2 amide bonds. The van der Waals surface area contributed by atoms with Gasteiger partial charge in [-0.05, 0) is 43.2 Å². The van der Waals surface area contributed by atoms with E-state index in [1.807, 2.05) is 13.0 Å². The first-order valence-electron chi connectivity index (χ1n) is 8.78. The van der Waals surface area contributed by atoms with E-state index < -0.39 is 5.54 Å². The van der Waals surface area contributed by atoms with Gasteiger partial charge < -0.3 is 15.8 Å². The van der Waals surface area contributed by atoms with Gasteiger partial charge in [-0.25, -0.2) is 9.98 Å². The maximum absolute atomic E-state index is 12.6. The first-order valence-corrected chi connectivity index (χ1v) is 8.78. The molecule has 1 aromatic carbocycles. The molecule has 28 heavy (non-hydrogen) atoms. The minimum absolute atomic E-state index is 0.109. The van der Waals surface area contributed by atoms with Gasteiger partial charge >= 0.3 is 0 Å². The molecule has 3 N–H and O–H groups in total. The number of anilines is 1. The fourth-order valence-electron chi connectivity index (χ4n) is 3.10. The van der Waals surface area contributed by atoms with E-state index in [2.05, 4.69) is 15.3 Å². The minimum atomic E-state index is -0.789. The van der Waals surface area contributed by atoms with Crippen molar-refractivity contribution in [2.45, 2.75) is 25.8 Å². The van der Waals surface area contributed by atoms with E-state index in [0.29, 0.717) is 22.7 Å². The molecule has 8 nitrogen and oxygen atoms in total. The Bertz CT molecular complexity index is 972. The second-order valence-electron chi connectivity index (χ2n) is 6.95. The summed E-state index contributed by atoms with van der Waals surface area (Å²) in [6, 6.07) is 8.99. The summed E-state index contributed by atoms with van der Waals surface area (Å²) in [6.45, 7) is 3.64. The van der Waals surface area contributed by atoms with Crippen LogP contribution in [-0.4, -0.2) is 41.8 Å². The van der Waals surface area contributed by atoms with Crippen LogP contribution < -0.4 is 15.8 Å². The number of carbonyl (C=O) groups is 2. The van der Waals surface area contributed by atoms with E-state index in [9.17, 15) is 9.59 Å². The third-order valence-electron chi connectivity index (χ3n) is 4.82. The van der Waals surface area contributed by atoms with Gasteiger partial charge in [0.2, 0.25) is 5.91 Å². The van der Waals surface area contributed by atoms with Crippen LogP contribution in [0, 0.1) is 6.92 Å². The average Bonchev–Trinajstić information content (AvgIpc) is 2.66. The van der Waals surface area contributed by atoms with Crippen LogP contribution in [0.1, 0.15) is 35.0 Å². The largest absolute Gasteiger partial charge is 0.495 e. The van der Waals surface area contributed by atoms with Crippen LogP contribution in [0.2, 0.25) is 0 Å². The van der Waals surface area contributed by atoms with Gasteiger partial charge in [0, 0.05) is 12.7 Å². The van der Waals surface area contributed by atoms with Crippen molar-refractivity contribution < 1.29 is 14.3 Å². The fourth-order valence-corrected chi connectivity index (χ4v) is 3.10. The van der Waals surface area contributed by atoms with Crippen molar-refractivity contribution in [1.82, 2.24) is 9.88 Å². The van der Waals surface area contributed by atoms with Crippen molar-refractivity contribution in [2.24, 2.45) is 10.7 Å². The number of aromatic nitrogens is 1. The molecule has 3 rings (SSSR count). The van der Waals surface area contributed by atoms with Crippen molar-refractivity contribution in [3.05, 3.63) is 53.3 Å². The summed E-state index contributed by atoms with van der Waals surface area (Å²) < 4.78 is 5.12. The van der Waals surface area contributed by atoms with Crippen LogP contribution in [-0.2, 0) is 10.3 Å². The number of guanidine groups is 1. The Labute approximate surface area is 163 Å². The summed E-state index contributed by atoms with van der Waals surface area (Å²) >= 11 is 0. The summed E-state index contributed by atoms with van der Waals surface area (Å²) in [7, 11) is 3.15. The molecule has 0 radical (unpaired) electrons. The van der Waals surface area contributed by atoms with Gasteiger partial charge in [-0.2, -0.15) is 0 Å². The first kappa shape index (κ1) is 19.3. The standard InChI is InChI=1S/C20H23N5O3/c1-12-8-15(28-4)11-22-17(12)18(27)23-14-7-5-6-13(9-14)20(2)10-16(26)25(3)19(21)24-20/h5-9,11H,10H2,1-4H3,(H2,21,24)(H,23,27). The van der Waals surface area contributed by atoms with Gasteiger partial charge in [-0.3, -0.25) is 14.5 Å². The van der Waals surface area contributed by atoms with Crippen LogP contribution >= 0.6 is 0 Å². The Morgan fingerprint density at radius 2 is 2.11 bits per heavy atom. The number of benzene rings is 1. The van der Waals surface area contributed by atoms with Crippen LogP contribution in [0.3, 0.4) is 0 Å². The van der Waals surface area contributed by atoms with Gasteiger partial charge in [0.05, 0.1) is 25.3 Å². The number of hydrogen-bond donors (Lipinski definition) is 2. The quantitative estimate of drug-likeness (QED) is 0.842. The molecule has 2 aromatic rings. The van der Waals surface area contributed by atoms with Crippen molar-refractivity contribution in [3.63, 3.8) is 0 Å². The lowest BCUT2D eigenvalue weighted by molar-refractivity contribution is -0.128. The van der Waals surface area contributed by atoms with E-state index >= 15 is 0 Å². The van der Waals surface area contributed by atoms with Crippen molar-refractivity contribution in [2.75, 3.05) is 19.5 Å². The molecule has 1 aliphatic heterocycles. The highest BCUT2D eigenvalue weighted by Gasteiger charge is 2.36. The first-order chi connectivity index (χ1) is 13.2. The second-order valence-corrected chi connectivity index (χ2v) is 6.95. The molecule has 1 unspecified atom stereocenters. The Morgan fingerprint density at radius 3 is 2.75 bits per heavy atom. The molecule has 146 valence electrons. The van der Waals surface area contributed by atoms with Crippen LogP contribution in [0.5, 0.6) is 5.75 Å². The molecule has 2 heterocycles. The average molecular weight is 381 g/mol. The Hall–Kier alpha value is -3.42. The topological polar surface area (TPSA) is 110 Å². The van der Waals surface area contributed by atoms with E-state index in [1.54, 1.807) is 45.3 Å².